The summed E-state index contributed by atoms with van der Waals surface area (Å²) < 4.78 is 11.4. The largest absolute Gasteiger partial charge is 0.490 e. The first-order valence-electron chi connectivity index (χ1n) is 7.94. The summed E-state index contributed by atoms with van der Waals surface area (Å²) in [6, 6.07) is 7.86. The predicted molar refractivity (Wildman–Crippen MR) is 85.9 cm³/mol. The molecule has 0 spiro atoms. The van der Waals surface area contributed by atoms with Gasteiger partial charge >= 0.3 is 0 Å². The maximum atomic E-state index is 5.88. The first-order valence-corrected chi connectivity index (χ1v) is 7.94. The van der Waals surface area contributed by atoms with Crippen molar-refractivity contribution in [3.05, 3.63) is 24.3 Å². The molecule has 0 unspecified atom stereocenters. The standard InChI is InChI=1S/C17H28N2O2/c1-3-20-15-6-4-5-7-16(15)21-13-12-19-10-8-17(2,14-18)9-11-19/h4-7H,3,8-14,18H2,1-2H3. The average Bonchev–Trinajstić information content (AvgIpc) is 2.51. The lowest BCUT2D eigenvalue weighted by molar-refractivity contribution is 0.109. The molecule has 0 amide bonds. The van der Waals surface area contributed by atoms with Crippen LogP contribution in [0.25, 0.3) is 0 Å². The van der Waals surface area contributed by atoms with Crippen molar-refractivity contribution < 1.29 is 9.47 Å². The Morgan fingerprint density at radius 3 is 2.33 bits per heavy atom. The van der Waals surface area contributed by atoms with Gasteiger partial charge in [0.05, 0.1) is 6.61 Å². The van der Waals surface area contributed by atoms with E-state index in [0.29, 0.717) is 18.6 Å². The number of likely N-dealkylation sites (tertiary alicyclic amines) is 1. The molecule has 21 heavy (non-hydrogen) atoms. The second kappa shape index (κ2) is 7.66. The van der Waals surface area contributed by atoms with Gasteiger partial charge in [-0.2, -0.15) is 0 Å². The molecule has 0 aromatic heterocycles. The third-order valence-electron chi connectivity index (χ3n) is 4.37. The number of rotatable bonds is 7. The van der Waals surface area contributed by atoms with Crippen molar-refractivity contribution in [2.45, 2.75) is 26.7 Å². The summed E-state index contributed by atoms with van der Waals surface area (Å²) in [4.78, 5) is 2.46. The first kappa shape index (κ1) is 16.1. The third kappa shape index (κ3) is 4.61. The molecule has 4 heteroatoms. The Bertz CT molecular complexity index is 429. The molecule has 0 aliphatic carbocycles. The van der Waals surface area contributed by atoms with E-state index >= 15 is 0 Å². The number of para-hydroxylation sites is 2. The summed E-state index contributed by atoms with van der Waals surface area (Å²) in [6.45, 7) is 9.61. The second-order valence-electron chi connectivity index (χ2n) is 6.08. The number of hydrogen-bond acceptors (Lipinski definition) is 4. The molecule has 1 aliphatic heterocycles. The molecule has 0 saturated carbocycles. The van der Waals surface area contributed by atoms with Crippen molar-refractivity contribution in [3.8, 4) is 11.5 Å². The Balaban J connectivity index is 1.75. The van der Waals surface area contributed by atoms with Crippen molar-refractivity contribution in [2.75, 3.05) is 39.4 Å². The van der Waals surface area contributed by atoms with E-state index in [1.165, 1.54) is 12.8 Å². The van der Waals surface area contributed by atoms with Gasteiger partial charge in [-0.15, -0.1) is 0 Å². The summed E-state index contributed by atoms with van der Waals surface area (Å²) >= 11 is 0. The Morgan fingerprint density at radius 1 is 1.14 bits per heavy atom. The van der Waals surface area contributed by atoms with Crippen molar-refractivity contribution >= 4 is 0 Å². The van der Waals surface area contributed by atoms with Crippen LogP contribution in [0.2, 0.25) is 0 Å². The van der Waals surface area contributed by atoms with Crippen LogP contribution in [-0.2, 0) is 0 Å². The van der Waals surface area contributed by atoms with Gasteiger partial charge in [-0.1, -0.05) is 19.1 Å². The average molecular weight is 292 g/mol. The van der Waals surface area contributed by atoms with Gasteiger partial charge in [0.2, 0.25) is 0 Å². The molecule has 2 N–H and O–H groups in total. The highest BCUT2D eigenvalue weighted by Crippen LogP contribution is 2.29. The zero-order valence-electron chi connectivity index (χ0n) is 13.3. The quantitative estimate of drug-likeness (QED) is 0.839. The van der Waals surface area contributed by atoms with Crippen LogP contribution in [0, 0.1) is 5.41 Å². The van der Waals surface area contributed by atoms with E-state index in [9.17, 15) is 0 Å². The van der Waals surface area contributed by atoms with Crippen molar-refractivity contribution in [1.29, 1.82) is 0 Å². The molecule has 1 aliphatic rings. The zero-order chi connectivity index (χ0) is 15.1. The molecular weight excluding hydrogens is 264 g/mol. The van der Waals surface area contributed by atoms with Crippen LogP contribution in [0.15, 0.2) is 24.3 Å². The minimum Gasteiger partial charge on any atom is -0.490 e. The van der Waals surface area contributed by atoms with Crippen LogP contribution < -0.4 is 15.2 Å². The first-order chi connectivity index (χ1) is 10.2. The molecule has 2 rings (SSSR count). The molecule has 0 bridgehead atoms. The molecule has 4 nitrogen and oxygen atoms in total. The molecule has 0 radical (unpaired) electrons. The lowest BCUT2D eigenvalue weighted by Crippen LogP contribution is -2.43. The molecule has 1 aromatic rings. The lowest BCUT2D eigenvalue weighted by Gasteiger charge is -2.38. The molecular formula is C17H28N2O2. The normalized spacial score (nSPS) is 18.4. The Kier molecular flexibility index (Phi) is 5.88. The van der Waals surface area contributed by atoms with Gasteiger partial charge in [0.1, 0.15) is 6.61 Å². The van der Waals surface area contributed by atoms with Crippen LogP contribution in [0.1, 0.15) is 26.7 Å². The van der Waals surface area contributed by atoms with Crippen LogP contribution >= 0.6 is 0 Å². The number of nitrogens with two attached hydrogens (primary N) is 1. The maximum absolute atomic E-state index is 5.88. The van der Waals surface area contributed by atoms with Gasteiger partial charge in [0.25, 0.3) is 0 Å². The van der Waals surface area contributed by atoms with Crippen molar-refractivity contribution in [2.24, 2.45) is 11.1 Å². The fraction of sp³-hybridized carbons (Fsp3) is 0.647. The van der Waals surface area contributed by atoms with E-state index in [2.05, 4.69) is 11.8 Å². The second-order valence-corrected chi connectivity index (χ2v) is 6.08. The van der Waals surface area contributed by atoms with E-state index in [4.69, 9.17) is 15.2 Å². The van der Waals surface area contributed by atoms with Gasteiger partial charge in [-0.3, -0.25) is 4.90 Å². The van der Waals surface area contributed by atoms with Gasteiger partial charge in [-0.05, 0) is 56.9 Å². The fourth-order valence-electron chi connectivity index (χ4n) is 2.65. The smallest absolute Gasteiger partial charge is 0.161 e. The minimum atomic E-state index is 0.332. The molecule has 1 fully saturated rings. The Hall–Kier alpha value is -1.26. The minimum absolute atomic E-state index is 0.332. The van der Waals surface area contributed by atoms with Gasteiger partial charge in [0, 0.05) is 6.54 Å². The SMILES string of the molecule is CCOc1ccccc1OCCN1CCC(C)(CN)CC1. The fourth-order valence-corrected chi connectivity index (χ4v) is 2.65. The van der Waals surface area contributed by atoms with Crippen LogP contribution in [0.3, 0.4) is 0 Å². The monoisotopic (exact) mass is 292 g/mol. The predicted octanol–water partition coefficient (Wildman–Crippen LogP) is 2.52. The summed E-state index contributed by atoms with van der Waals surface area (Å²) in [5.41, 5.74) is 6.18. The number of nitrogens with zero attached hydrogens (tertiary/aromatic N) is 1. The highest BCUT2D eigenvalue weighted by Gasteiger charge is 2.28. The van der Waals surface area contributed by atoms with E-state index in [-0.39, 0.29) is 0 Å². The highest BCUT2D eigenvalue weighted by molar-refractivity contribution is 5.39. The number of hydrogen-bond donors (Lipinski definition) is 1. The molecule has 1 aromatic carbocycles. The molecule has 118 valence electrons. The highest BCUT2D eigenvalue weighted by atomic mass is 16.5. The van der Waals surface area contributed by atoms with Gasteiger partial charge in [0.15, 0.2) is 11.5 Å². The van der Waals surface area contributed by atoms with Crippen LogP contribution in [-0.4, -0.2) is 44.3 Å². The molecule has 0 atom stereocenters. The maximum Gasteiger partial charge on any atom is 0.161 e. The van der Waals surface area contributed by atoms with Crippen molar-refractivity contribution in [1.82, 2.24) is 4.90 Å². The van der Waals surface area contributed by atoms with E-state index in [1.54, 1.807) is 0 Å². The summed E-state index contributed by atoms with van der Waals surface area (Å²) in [5.74, 6) is 1.66. The number of benzene rings is 1. The van der Waals surface area contributed by atoms with Gasteiger partial charge < -0.3 is 15.2 Å². The third-order valence-corrected chi connectivity index (χ3v) is 4.37. The zero-order valence-corrected chi connectivity index (χ0v) is 13.3. The number of ether oxygens (including phenoxy) is 2. The summed E-state index contributed by atoms with van der Waals surface area (Å²) in [5, 5.41) is 0. The topological polar surface area (TPSA) is 47.7 Å². The summed E-state index contributed by atoms with van der Waals surface area (Å²) in [6.07, 6.45) is 2.36. The lowest BCUT2D eigenvalue weighted by atomic mass is 9.80. The number of piperidine rings is 1. The van der Waals surface area contributed by atoms with Gasteiger partial charge in [-0.25, -0.2) is 0 Å². The molecule has 1 heterocycles. The summed E-state index contributed by atoms with van der Waals surface area (Å²) in [7, 11) is 0. The van der Waals surface area contributed by atoms with E-state index in [1.807, 2.05) is 31.2 Å². The Morgan fingerprint density at radius 2 is 1.76 bits per heavy atom. The van der Waals surface area contributed by atoms with Crippen LogP contribution in [0.4, 0.5) is 0 Å². The molecule has 1 saturated heterocycles. The Labute approximate surface area is 128 Å². The van der Waals surface area contributed by atoms with E-state index in [0.717, 1.165) is 37.7 Å². The van der Waals surface area contributed by atoms with Crippen molar-refractivity contribution in [3.63, 3.8) is 0 Å². The van der Waals surface area contributed by atoms with Crippen LogP contribution in [0.5, 0.6) is 11.5 Å². The van der Waals surface area contributed by atoms with E-state index < -0.39 is 0 Å².